The highest BCUT2D eigenvalue weighted by Crippen LogP contribution is 2.36. The van der Waals surface area contributed by atoms with Crippen LogP contribution in [0, 0.1) is 20.8 Å². The standard InChI is InChI=1S/C23H31N3S/c1-7-11-25(12-8-2)23-22(27-6)24-21-19(10-9-13-26(21)23)20-17(4)14-16(3)15-18(20)5/h9-10,13-15H,7-8,11-12H2,1-6H3. The molecule has 0 aliphatic rings. The fraction of sp³-hybridized carbons (Fsp3) is 0.435. The average Bonchev–Trinajstić information content (AvgIpc) is 3.00. The quantitative estimate of drug-likeness (QED) is 0.450. The van der Waals surface area contributed by atoms with Crippen LogP contribution in [0.4, 0.5) is 5.82 Å². The van der Waals surface area contributed by atoms with Crippen LogP contribution < -0.4 is 4.90 Å². The topological polar surface area (TPSA) is 20.5 Å². The Morgan fingerprint density at radius 2 is 1.67 bits per heavy atom. The minimum Gasteiger partial charge on any atom is -0.355 e. The van der Waals surface area contributed by atoms with Crippen LogP contribution in [0.25, 0.3) is 16.8 Å². The highest BCUT2D eigenvalue weighted by Gasteiger charge is 2.20. The summed E-state index contributed by atoms with van der Waals surface area (Å²) in [4.78, 5) is 7.57. The van der Waals surface area contributed by atoms with Gasteiger partial charge in [0.1, 0.15) is 16.5 Å². The number of pyridine rings is 1. The second-order valence-electron chi connectivity index (χ2n) is 7.32. The zero-order chi connectivity index (χ0) is 19.6. The van der Waals surface area contributed by atoms with Crippen LogP contribution in [-0.2, 0) is 0 Å². The fourth-order valence-electron chi connectivity index (χ4n) is 4.12. The van der Waals surface area contributed by atoms with Gasteiger partial charge in [-0.25, -0.2) is 4.98 Å². The summed E-state index contributed by atoms with van der Waals surface area (Å²) >= 11 is 1.74. The van der Waals surface area contributed by atoms with E-state index in [0.29, 0.717) is 0 Å². The number of thioether (sulfide) groups is 1. The van der Waals surface area contributed by atoms with Crippen molar-refractivity contribution < 1.29 is 0 Å². The largest absolute Gasteiger partial charge is 0.355 e. The molecule has 3 aromatic rings. The van der Waals surface area contributed by atoms with Crippen LogP contribution in [0.3, 0.4) is 0 Å². The van der Waals surface area contributed by atoms with Gasteiger partial charge >= 0.3 is 0 Å². The molecule has 0 radical (unpaired) electrons. The van der Waals surface area contributed by atoms with E-state index in [1.54, 1.807) is 11.8 Å². The molecule has 2 aromatic heterocycles. The molecule has 0 spiro atoms. The van der Waals surface area contributed by atoms with Gasteiger partial charge in [-0.2, -0.15) is 0 Å². The maximum absolute atomic E-state index is 5.08. The summed E-state index contributed by atoms with van der Waals surface area (Å²) in [5.74, 6) is 1.24. The summed E-state index contributed by atoms with van der Waals surface area (Å²) in [6.07, 6.45) is 6.56. The summed E-state index contributed by atoms with van der Waals surface area (Å²) < 4.78 is 2.30. The lowest BCUT2D eigenvalue weighted by molar-refractivity contribution is 0.723. The molecule has 4 heteroatoms. The minimum absolute atomic E-state index is 1.06. The number of benzene rings is 1. The highest BCUT2D eigenvalue weighted by atomic mass is 32.2. The maximum Gasteiger partial charge on any atom is 0.147 e. The number of hydrogen-bond acceptors (Lipinski definition) is 3. The van der Waals surface area contributed by atoms with Gasteiger partial charge in [-0.3, -0.25) is 4.40 Å². The lowest BCUT2D eigenvalue weighted by atomic mass is 9.94. The van der Waals surface area contributed by atoms with E-state index in [1.165, 1.54) is 33.6 Å². The van der Waals surface area contributed by atoms with Crippen molar-refractivity contribution in [3.63, 3.8) is 0 Å². The third kappa shape index (κ3) is 3.73. The number of aryl methyl sites for hydroxylation is 3. The molecule has 0 atom stereocenters. The third-order valence-electron chi connectivity index (χ3n) is 5.02. The van der Waals surface area contributed by atoms with Crippen molar-refractivity contribution in [2.24, 2.45) is 0 Å². The van der Waals surface area contributed by atoms with Gasteiger partial charge in [0, 0.05) is 24.8 Å². The Kier molecular flexibility index (Phi) is 6.15. The summed E-state index contributed by atoms with van der Waals surface area (Å²) in [6.45, 7) is 13.2. The molecule has 2 heterocycles. The number of hydrogen-bond donors (Lipinski definition) is 0. The van der Waals surface area contributed by atoms with E-state index in [-0.39, 0.29) is 0 Å². The van der Waals surface area contributed by atoms with Crippen molar-refractivity contribution in [1.29, 1.82) is 0 Å². The monoisotopic (exact) mass is 381 g/mol. The summed E-state index contributed by atoms with van der Waals surface area (Å²) in [6, 6.07) is 8.91. The molecule has 0 saturated heterocycles. The Hall–Kier alpha value is -1.94. The first-order valence-corrected chi connectivity index (χ1v) is 11.1. The molecule has 1 aromatic carbocycles. The van der Waals surface area contributed by atoms with Gasteiger partial charge in [0.25, 0.3) is 0 Å². The Morgan fingerprint density at radius 3 is 2.22 bits per heavy atom. The number of nitrogens with zero attached hydrogens (tertiary/aromatic N) is 3. The van der Waals surface area contributed by atoms with E-state index in [4.69, 9.17) is 4.98 Å². The van der Waals surface area contributed by atoms with E-state index < -0.39 is 0 Å². The van der Waals surface area contributed by atoms with Crippen molar-refractivity contribution in [2.75, 3.05) is 24.2 Å². The van der Waals surface area contributed by atoms with Crippen molar-refractivity contribution in [1.82, 2.24) is 9.38 Å². The van der Waals surface area contributed by atoms with Crippen molar-refractivity contribution >= 4 is 23.2 Å². The lowest BCUT2D eigenvalue weighted by Crippen LogP contribution is -2.26. The van der Waals surface area contributed by atoms with Gasteiger partial charge in [0.05, 0.1) is 0 Å². The van der Waals surface area contributed by atoms with Crippen LogP contribution >= 0.6 is 11.8 Å². The lowest BCUT2D eigenvalue weighted by Gasteiger charge is -2.24. The van der Waals surface area contributed by atoms with Crippen LogP contribution in [-0.4, -0.2) is 28.7 Å². The first-order valence-electron chi connectivity index (χ1n) is 9.90. The maximum atomic E-state index is 5.08. The SMILES string of the molecule is CCCN(CCC)c1c(SC)nc2c(-c3c(C)cc(C)cc3C)cccn12. The molecular formula is C23H31N3S. The summed E-state index contributed by atoms with van der Waals surface area (Å²) in [5, 5.41) is 1.12. The third-order valence-corrected chi connectivity index (χ3v) is 5.68. The molecule has 0 N–H and O–H groups in total. The van der Waals surface area contributed by atoms with Gasteiger partial charge < -0.3 is 4.90 Å². The van der Waals surface area contributed by atoms with Gasteiger partial charge in [0.2, 0.25) is 0 Å². The normalized spacial score (nSPS) is 11.3. The molecular weight excluding hydrogens is 350 g/mol. The molecule has 0 amide bonds. The van der Waals surface area contributed by atoms with Crippen molar-refractivity contribution in [3.05, 3.63) is 47.2 Å². The molecule has 144 valence electrons. The van der Waals surface area contributed by atoms with Crippen LogP contribution in [0.1, 0.15) is 43.4 Å². The predicted molar refractivity (Wildman–Crippen MR) is 119 cm³/mol. The predicted octanol–water partition coefficient (Wildman–Crippen LogP) is 6.27. The van der Waals surface area contributed by atoms with E-state index in [2.05, 4.69) is 80.6 Å². The number of anilines is 1. The first-order chi connectivity index (χ1) is 13.0. The Bertz CT molecular complexity index is 913. The second kappa shape index (κ2) is 8.39. The smallest absolute Gasteiger partial charge is 0.147 e. The average molecular weight is 382 g/mol. The zero-order valence-electron chi connectivity index (χ0n) is 17.5. The Morgan fingerprint density at radius 1 is 1.04 bits per heavy atom. The molecule has 0 aliphatic carbocycles. The number of rotatable bonds is 7. The molecule has 0 saturated carbocycles. The molecule has 3 nitrogen and oxygen atoms in total. The molecule has 0 aliphatic heterocycles. The van der Waals surface area contributed by atoms with Crippen molar-refractivity contribution in [2.45, 2.75) is 52.5 Å². The van der Waals surface area contributed by atoms with E-state index >= 15 is 0 Å². The Labute approximate surface area is 167 Å². The van der Waals surface area contributed by atoms with Crippen LogP contribution in [0.15, 0.2) is 35.5 Å². The van der Waals surface area contributed by atoms with Crippen LogP contribution in [0.5, 0.6) is 0 Å². The molecule has 0 bridgehead atoms. The van der Waals surface area contributed by atoms with E-state index in [9.17, 15) is 0 Å². The van der Waals surface area contributed by atoms with Crippen molar-refractivity contribution in [3.8, 4) is 11.1 Å². The van der Waals surface area contributed by atoms with E-state index in [0.717, 1.165) is 36.6 Å². The van der Waals surface area contributed by atoms with Gasteiger partial charge in [-0.05, 0) is 68.7 Å². The number of fused-ring (bicyclic) bond motifs is 1. The van der Waals surface area contributed by atoms with Gasteiger partial charge in [0.15, 0.2) is 0 Å². The highest BCUT2D eigenvalue weighted by molar-refractivity contribution is 7.98. The number of imidazole rings is 1. The summed E-state index contributed by atoms with van der Waals surface area (Å²) in [7, 11) is 0. The number of aromatic nitrogens is 2. The second-order valence-corrected chi connectivity index (χ2v) is 8.12. The molecule has 0 fully saturated rings. The van der Waals surface area contributed by atoms with Crippen LogP contribution in [0.2, 0.25) is 0 Å². The van der Waals surface area contributed by atoms with Gasteiger partial charge in [-0.1, -0.05) is 31.5 Å². The molecule has 0 unspecified atom stereocenters. The Balaban J connectivity index is 2.27. The molecule has 3 rings (SSSR count). The first kappa shape index (κ1) is 19.8. The minimum atomic E-state index is 1.06. The zero-order valence-corrected chi connectivity index (χ0v) is 18.3. The summed E-state index contributed by atoms with van der Waals surface area (Å²) in [5.41, 5.74) is 7.54. The molecule has 27 heavy (non-hydrogen) atoms. The van der Waals surface area contributed by atoms with E-state index in [1.807, 2.05) is 0 Å². The van der Waals surface area contributed by atoms with Gasteiger partial charge in [-0.15, -0.1) is 11.8 Å². The fourth-order valence-corrected chi connectivity index (χ4v) is 4.71.